The molecule has 6 nitrogen and oxygen atoms in total. The molecule has 4 rings (SSSR count). The first-order valence-electron chi connectivity index (χ1n) is 11.3. The number of likely N-dealkylation sites (tertiary alicyclic amines) is 1. The van der Waals surface area contributed by atoms with Gasteiger partial charge in [-0.2, -0.15) is 0 Å². The molecule has 2 heterocycles. The van der Waals surface area contributed by atoms with E-state index in [0.29, 0.717) is 31.7 Å². The molecule has 1 atom stereocenters. The van der Waals surface area contributed by atoms with Gasteiger partial charge in [-0.15, -0.1) is 0 Å². The number of ether oxygens (including phenoxy) is 1. The van der Waals surface area contributed by atoms with Crippen molar-refractivity contribution >= 4 is 5.91 Å². The SMILES string of the molecule is COCCN(C[C@@H]1CCCN(C2Cc3ccccc3C2)C1)C(=O)c1ccc(C)[nH]c1=O. The summed E-state index contributed by atoms with van der Waals surface area (Å²) in [5, 5.41) is 0. The Morgan fingerprint density at radius 2 is 1.94 bits per heavy atom. The van der Waals surface area contributed by atoms with Gasteiger partial charge in [-0.1, -0.05) is 24.3 Å². The largest absolute Gasteiger partial charge is 0.383 e. The fourth-order valence-electron chi connectivity index (χ4n) is 5.07. The van der Waals surface area contributed by atoms with Crippen LogP contribution in [0.4, 0.5) is 0 Å². The van der Waals surface area contributed by atoms with Crippen molar-refractivity contribution in [2.75, 3.05) is 39.9 Å². The van der Waals surface area contributed by atoms with Crippen LogP contribution in [0.1, 0.15) is 40.0 Å². The van der Waals surface area contributed by atoms with Gasteiger partial charge in [0.15, 0.2) is 0 Å². The molecule has 2 aromatic rings. The maximum atomic E-state index is 13.2. The molecular weight excluding hydrogens is 390 g/mol. The zero-order valence-corrected chi connectivity index (χ0v) is 18.6. The minimum Gasteiger partial charge on any atom is -0.383 e. The summed E-state index contributed by atoms with van der Waals surface area (Å²) in [5.74, 6) is 0.200. The van der Waals surface area contributed by atoms with Gasteiger partial charge in [0.2, 0.25) is 0 Å². The van der Waals surface area contributed by atoms with Crippen molar-refractivity contribution in [3.05, 3.63) is 69.1 Å². The van der Waals surface area contributed by atoms with Crippen molar-refractivity contribution in [2.45, 2.75) is 38.6 Å². The number of aromatic amines is 1. The summed E-state index contributed by atoms with van der Waals surface area (Å²) >= 11 is 0. The Kier molecular flexibility index (Phi) is 6.88. The number of fused-ring (bicyclic) bond motifs is 1. The third-order valence-corrected chi connectivity index (χ3v) is 6.71. The quantitative estimate of drug-likeness (QED) is 0.744. The van der Waals surface area contributed by atoms with Gasteiger partial charge < -0.3 is 14.6 Å². The zero-order valence-electron chi connectivity index (χ0n) is 18.6. The topological polar surface area (TPSA) is 65.6 Å². The summed E-state index contributed by atoms with van der Waals surface area (Å²) < 4.78 is 5.24. The lowest BCUT2D eigenvalue weighted by Crippen LogP contribution is -2.48. The second kappa shape index (κ2) is 9.79. The average molecular weight is 424 g/mol. The highest BCUT2D eigenvalue weighted by Gasteiger charge is 2.32. The van der Waals surface area contributed by atoms with Gasteiger partial charge in [0.25, 0.3) is 11.5 Å². The third-order valence-electron chi connectivity index (χ3n) is 6.71. The smallest absolute Gasteiger partial charge is 0.260 e. The second-order valence-corrected chi connectivity index (χ2v) is 8.96. The number of carbonyl (C=O) groups is 1. The first-order valence-corrected chi connectivity index (χ1v) is 11.3. The summed E-state index contributed by atoms with van der Waals surface area (Å²) in [6.45, 7) is 5.55. The van der Waals surface area contributed by atoms with Gasteiger partial charge in [0.1, 0.15) is 5.56 Å². The van der Waals surface area contributed by atoms with E-state index in [9.17, 15) is 9.59 Å². The van der Waals surface area contributed by atoms with Crippen molar-refractivity contribution in [1.29, 1.82) is 0 Å². The molecule has 0 spiro atoms. The lowest BCUT2D eigenvalue weighted by Gasteiger charge is -2.38. The molecule has 0 bridgehead atoms. The molecular formula is C25H33N3O3. The molecule has 31 heavy (non-hydrogen) atoms. The van der Waals surface area contributed by atoms with E-state index >= 15 is 0 Å². The Morgan fingerprint density at radius 3 is 2.61 bits per heavy atom. The van der Waals surface area contributed by atoms with Crippen LogP contribution in [0, 0.1) is 12.8 Å². The molecule has 1 fully saturated rings. The Labute approximate surface area is 184 Å². The van der Waals surface area contributed by atoms with E-state index < -0.39 is 0 Å². The van der Waals surface area contributed by atoms with Crippen LogP contribution in [0.3, 0.4) is 0 Å². The second-order valence-electron chi connectivity index (χ2n) is 8.96. The fourth-order valence-corrected chi connectivity index (χ4v) is 5.07. The number of nitrogens with one attached hydrogen (secondary N) is 1. The van der Waals surface area contributed by atoms with Crippen LogP contribution in [0.5, 0.6) is 0 Å². The van der Waals surface area contributed by atoms with E-state index in [1.54, 1.807) is 24.1 Å². The molecule has 1 aromatic carbocycles. The van der Waals surface area contributed by atoms with E-state index in [1.165, 1.54) is 11.1 Å². The van der Waals surface area contributed by atoms with E-state index in [0.717, 1.165) is 44.5 Å². The van der Waals surface area contributed by atoms with E-state index in [4.69, 9.17) is 4.74 Å². The maximum Gasteiger partial charge on any atom is 0.260 e. The summed E-state index contributed by atoms with van der Waals surface area (Å²) in [6, 6.07) is 12.7. The average Bonchev–Trinajstić information content (AvgIpc) is 3.21. The lowest BCUT2D eigenvalue weighted by molar-refractivity contribution is 0.0572. The van der Waals surface area contributed by atoms with Gasteiger partial charge in [-0.3, -0.25) is 14.5 Å². The molecule has 1 amide bonds. The Hall–Kier alpha value is -2.44. The number of hydrogen-bond acceptors (Lipinski definition) is 4. The Bertz CT molecular complexity index is 945. The number of aromatic nitrogens is 1. The molecule has 1 saturated heterocycles. The molecule has 1 aliphatic carbocycles. The summed E-state index contributed by atoms with van der Waals surface area (Å²) in [6.07, 6.45) is 4.49. The normalized spacial score (nSPS) is 19.4. The molecule has 1 N–H and O–H groups in total. The highest BCUT2D eigenvalue weighted by atomic mass is 16.5. The fraction of sp³-hybridized carbons (Fsp3) is 0.520. The van der Waals surface area contributed by atoms with Gasteiger partial charge in [-0.05, 0) is 68.3 Å². The number of nitrogens with zero attached hydrogens (tertiary/aromatic N) is 2. The number of amides is 1. The molecule has 2 aliphatic rings. The monoisotopic (exact) mass is 423 g/mol. The van der Waals surface area contributed by atoms with Crippen LogP contribution in [-0.4, -0.2) is 66.6 Å². The van der Waals surface area contributed by atoms with Gasteiger partial charge in [0, 0.05) is 38.5 Å². The van der Waals surface area contributed by atoms with Crippen molar-refractivity contribution in [1.82, 2.24) is 14.8 Å². The summed E-state index contributed by atoms with van der Waals surface area (Å²) in [4.78, 5) is 32.7. The van der Waals surface area contributed by atoms with Gasteiger partial charge in [-0.25, -0.2) is 0 Å². The van der Waals surface area contributed by atoms with Crippen molar-refractivity contribution in [3.8, 4) is 0 Å². The van der Waals surface area contributed by atoms with E-state index in [-0.39, 0.29) is 17.0 Å². The zero-order chi connectivity index (χ0) is 21.8. The van der Waals surface area contributed by atoms with Crippen LogP contribution in [-0.2, 0) is 17.6 Å². The number of aryl methyl sites for hydroxylation is 1. The summed E-state index contributed by atoms with van der Waals surface area (Å²) in [5.41, 5.74) is 3.60. The molecule has 0 saturated carbocycles. The number of pyridine rings is 1. The molecule has 0 radical (unpaired) electrons. The maximum absolute atomic E-state index is 13.2. The number of carbonyl (C=O) groups excluding carboxylic acids is 1. The van der Waals surface area contributed by atoms with Crippen molar-refractivity contribution in [3.63, 3.8) is 0 Å². The highest BCUT2D eigenvalue weighted by molar-refractivity contribution is 5.93. The predicted octanol–water partition coefficient (Wildman–Crippen LogP) is 2.65. The standard InChI is InChI=1S/C25H33N3O3/c1-18-9-10-23(24(29)26-18)25(30)28(12-13-31-2)17-19-6-5-11-27(16-19)22-14-20-7-3-4-8-21(20)15-22/h3-4,7-10,19,22H,5-6,11-17H2,1-2H3,(H,26,29)/t19-/m1/s1. The Balaban J connectivity index is 1.43. The number of piperidine rings is 1. The predicted molar refractivity (Wildman–Crippen MR) is 122 cm³/mol. The number of hydrogen-bond donors (Lipinski definition) is 1. The minimum absolute atomic E-state index is 0.205. The lowest BCUT2D eigenvalue weighted by atomic mass is 9.95. The Morgan fingerprint density at radius 1 is 1.19 bits per heavy atom. The number of methoxy groups -OCH3 is 1. The van der Waals surface area contributed by atoms with Crippen LogP contribution in [0.15, 0.2) is 41.2 Å². The highest BCUT2D eigenvalue weighted by Crippen LogP contribution is 2.29. The third kappa shape index (κ3) is 5.08. The number of benzene rings is 1. The van der Waals surface area contributed by atoms with Crippen molar-refractivity contribution < 1.29 is 9.53 Å². The first kappa shape index (κ1) is 21.8. The first-order chi connectivity index (χ1) is 15.0. The van der Waals surface area contributed by atoms with E-state index in [2.05, 4.69) is 34.1 Å². The molecule has 1 aromatic heterocycles. The number of rotatable bonds is 7. The molecule has 6 heteroatoms. The van der Waals surface area contributed by atoms with Crippen LogP contribution >= 0.6 is 0 Å². The number of H-pyrrole nitrogens is 1. The summed E-state index contributed by atoms with van der Waals surface area (Å²) in [7, 11) is 1.64. The van der Waals surface area contributed by atoms with Gasteiger partial charge in [0.05, 0.1) is 6.61 Å². The molecule has 1 aliphatic heterocycles. The van der Waals surface area contributed by atoms with Gasteiger partial charge >= 0.3 is 0 Å². The molecule has 166 valence electrons. The van der Waals surface area contributed by atoms with E-state index in [1.807, 2.05) is 6.92 Å². The van der Waals surface area contributed by atoms with Crippen molar-refractivity contribution in [2.24, 2.45) is 5.92 Å². The van der Waals surface area contributed by atoms with Crippen LogP contribution < -0.4 is 5.56 Å². The minimum atomic E-state index is -0.318. The van der Waals surface area contributed by atoms with Crippen LogP contribution in [0.25, 0.3) is 0 Å². The van der Waals surface area contributed by atoms with Crippen LogP contribution in [0.2, 0.25) is 0 Å². The molecule has 0 unspecified atom stereocenters.